The van der Waals surface area contributed by atoms with E-state index in [0.29, 0.717) is 0 Å². The third-order valence-electron chi connectivity index (χ3n) is 2.90. The molecule has 5 nitrogen and oxygen atoms in total. The van der Waals surface area contributed by atoms with Crippen LogP contribution in [0.25, 0.3) is 0 Å². The number of hydroxylamine groups is 1. The van der Waals surface area contributed by atoms with Crippen molar-refractivity contribution >= 4 is 6.21 Å². The van der Waals surface area contributed by atoms with Crippen LogP contribution in [0.3, 0.4) is 0 Å². The molecular weight excluding hydrogens is 246 g/mol. The van der Waals surface area contributed by atoms with Crippen LogP contribution >= 0.6 is 0 Å². The van der Waals surface area contributed by atoms with E-state index >= 15 is 0 Å². The Kier molecular flexibility index (Phi) is 4.19. The van der Waals surface area contributed by atoms with E-state index in [9.17, 15) is 10.3 Å². The first-order valence-electron chi connectivity index (χ1n) is 6.29. The third kappa shape index (κ3) is 3.76. The van der Waals surface area contributed by atoms with Gasteiger partial charge < -0.3 is 19.8 Å². The lowest BCUT2D eigenvalue weighted by molar-refractivity contribution is -0.473. The van der Waals surface area contributed by atoms with Gasteiger partial charge in [0.1, 0.15) is 6.10 Å². The van der Waals surface area contributed by atoms with Crippen LogP contribution in [0, 0.1) is 5.21 Å². The van der Waals surface area contributed by atoms with Crippen LogP contribution < -0.4 is 0 Å². The van der Waals surface area contributed by atoms with Crippen LogP contribution in [-0.2, 0) is 16.0 Å². The second kappa shape index (κ2) is 5.69. The third-order valence-corrected chi connectivity index (χ3v) is 2.90. The number of rotatable bonds is 4. The van der Waals surface area contributed by atoms with Crippen molar-refractivity contribution in [2.24, 2.45) is 0 Å². The summed E-state index contributed by atoms with van der Waals surface area (Å²) in [5.41, 5.74) is 0.924. The predicted molar refractivity (Wildman–Crippen MR) is 70.7 cm³/mol. The van der Waals surface area contributed by atoms with E-state index in [1.165, 1.54) is 6.21 Å². The van der Waals surface area contributed by atoms with Crippen molar-refractivity contribution in [1.82, 2.24) is 0 Å². The molecule has 0 unspecified atom stereocenters. The standard InChI is InChI=1S/C14H19NO4/c1-14(2)18-12(13(10-16)19-14)9-15(17)8-11-6-4-3-5-7-11/h3-7,9,12-13,16H,8,10H2,1-2H3/b15-9-/t12-,13+/m1/s1. The fourth-order valence-electron chi connectivity index (χ4n) is 2.11. The Morgan fingerprint density at radius 2 is 2.00 bits per heavy atom. The van der Waals surface area contributed by atoms with Gasteiger partial charge in [0.25, 0.3) is 0 Å². The molecule has 1 N–H and O–H groups in total. The average molecular weight is 265 g/mol. The molecule has 0 bridgehead atoms. The minimum atomic E-state index is -0.776. The van der Waals surface area contributed by atoms with Crippen molar-refractivity contribution in [3.8, 4) is 0 Å². The fraction of sp³-hybridized carbons (Fsp3) is 0.500. The summed E-state index contributed by atoms with van der Waals surface area (Å²) >= 11 is 0. The van der Waals surface area contributed by atoms with Crippen molar-refractivity contribution in [3.05, 3.63) is 41.1 Å². The minimum absolute atomic E-state index is 0.177. The quantitative estimate of drug-likeness (QED) is 0.385. The molecule has 0 spiro atoms. The van der Waals surface area contributed by atoms with Gasteiger partial charge in [-0.05, 0) is 13.8 Å². The molecule has 1 aliphatic rings. The molecule has 2 rings (SSSR count). The van der Waals surface area contributed by atoms with E-state index in [-0.39, 0.29) is 13.2 Å². The van der Waals surface area contributed by atoms with Crippen molar-refractivity contribution in [2.75, 3.05) is 6.61 Å². The zero-order valence-electron chi connectivity index (χ0n) is 11.2. The monoisotopic (exact) mass is 265 g/mol. The molecule has 0 aliphatic carbocycles. The van der Waals surface area contributed by atoms with Crippen LogP contribution in [0.2, 0.25) is 0 Å². The largest absolute Gasteiger partial charge is 0.624 e. The first-order chi connectivity index (χ1) is 9.00. The normalized spacial score (nSPS) is 26.6. The molecule has 0 aromatic heterocycles. The highest BCUT2D eigenvalue weighted by molar-refractivity contribution is 5.59. The van der Waals surface area contributed by atoms with Gasteiger partial charge in [-0.25, -0.2) is 4.74 Å². The highest BCUT2D eigenvalue weighted by Crippen LogP contribution is 2.26. The summed E-state index contributed by atoms with van der Waals surface area (Å²) in [5.74, 6) is -0.776. The molecule has 0 saturated carbocycles. The summed E-state index contributed by atoms with van der Waals surface area (Å²) < 4.78 is 11.9. The smallest absolute Gasteiger partial charge is 0.183 e. The van der Waals surface area contributed by atoms with Crippen molar-refractivity contribution in [1.29, 1.82) is 0 Å². The zero-order valence-corrected chi connectivity index (χ0v) is 11.2. The van der Waals surface area contributed by atoms with E-state index in [1.807, 2.05) is 30.3 Å². The number of aliphatic hydroxyl groups is 1. The van der Waals surface area contributed by atoms with Gasteiger partial charge in [0, 0.05) is 5.56 Å². The van der Waals surface area contributed by atoms with Gasteiger partial charge in [-0.3, -0.25) is 0 Å². The summed E-state index contributed by atoms with van der Waals surface area (Å²) in [4.78, 5) is 0. The van der Waals surface area contributed by atoms with Gasteiger partial charge in [-0.1, -0.05) is 30.3 Å². The molecule has 1 aromatic carbocycles. The molecule has 1 saturated heterocycles. The molecule has 0 radical (unpaired) electrons. The Hall–Kier alpha value is -1.43. The number of hydrogen-bond acceptors (Lipinski definition) is 4. The first-order valence-corrected chi connectivity index (χ1v) is 6.29. The number of benzene rings is 1. The number of aliphatic hydroxyl groups excluding tert-OH is 1. The fourth-order valence-corrected chi connectivity index (χ4v) is 2.11. The Bertz CT molecular complexity index is 444. The van der Waals surface area contributed by atoms with Crippen LogP contribution in [0.4, 0.5) is 0 Å². The Labute approximate surface area is 112 Å². The van der Waals surface area contributed by atoms with Crippen LogP contribution in [0.15, 0.2) is 30.3 Å². The number of hydrogen-bond donors (Lipinski definition) is 1. The Balaban J connectivity index is 2.04. The molecule has 1 aliphatic heterocycles. The maximum absolute atomic E-state index is 11.9. The molecule has 104 valence electrons. The SMILES string of the molecule is CC1(C)O[C@@H](CO)[C@@H](/C=[N+](\[O-])Cc2ccccc2)O1. The molecule has 19 heavy (non-hydrogen) atoms. The molecule has 5 heteroatoms. The highest BCUT2D eigenvalue weighted by atomic mass is 16.8. The maximum Gasteiger partial charge on any atom is 0.183 e. The van der Waals surface area contributed by atoms with E-state index < -0.39 is 18.0 Å². The van der Waals surface area contributed by atoms with Gasteiger partial charge in [0.05, 0.1) is 6.61 Å². The highest BCUT2D eigenvalue weighted by Gasteiger charge is 2.41. The minimum Gasteiger partial charge on any atom is -0.624 e. The summed E-state index contributed by atoms with van der Waals surface area (Å²) in [6, 6.07) is 9.45. The molecule has 1 aromatic rings. The number of nitrogens with zero attached hydrogens (tertiary/aromatic N) is 1. The maximum atomic E-state index is 11.9. The lowest BCUT2D eigenvalue weighted by Crippen LogP contribution is -2.30. The topological polar surface area (TPSA) is 64.8 Å². The Morgan fingerprint density at radius 3 is 2.63 bits per heavy atom. The molecule has 0 amide bonds. The zero-order chi connectivity index (χ0) is 13.9. The van der Waals surface area contributed by atoms with E-state index in [2.05, 4.69) is 0 Å². The lowest BCUT2D eigenvalue weighted by atomic mass is 10.2. The van der Waals surface area contributed by atoms with Crippen molar-refractivity contribution in [3.63, 3.8) is 0 Å². The van der Waals surface area contributed by atoms with Crippen LogP contribution in [0.5, 0.6) is 0 Å². The molecule has 2 atom stereocenters. The second-order valence-corrected chi connectivity index (χ2v) is 5.03. The van der Waals surface area contributed by atoms with Crippen molar-refractivity contribution in [2.45, 2.75) is 38.4 Å². The van der Waals surface area contributed by atoms with Gasteiger partial charge in [-0.15, -0.1) is 0 Å². The number of ether oxygens (including phenoxy) is 2. The summed E-state index contributed by atoms with van der Waals surface area (Å²) in [6.07, 6.45) is 0.395. The van der Waals surface area contributed by atoms with Crippen molar-refractivity contribution < 1.29 is 19.3 Å². The van der Waals surface area contributed by atoms with E-state index in [0.717, 1.165) is 10.3 Å². The molecule has 1 heterocycles. The first kappa shape index (κ1) is 14.0. The van der Waals surface area contributed by atoms with Gasteiger partial charge in [-0.2, -0.15) is 0 Å². The van der Waals surface area contributed by atoms with Gasteiger partial charge >= 0.3 is 0 Å². The predicted octanol–water partition coefficient (Wildman–Crippen LogP) is 1.28. The van der Waals surface area contributed by atoms with Gasteiger partial charge in [0.2, 0.25) is 0 Å². The summed E-state index contributed by atoms with van der Waals surface area (Å²) in [7, 11) is 0. The molecule has 1 fully saturated rings. The van der Waals surface area contributed by atoms with E-state index in [1.54, 1.807) is 13.8 Å². The summed E-state index contributed by atoms with van der Waals surface area (Å²) in [5, 5.41) is 21.1. The summed E-state index contributed by atoms with van der Waals surface area (Å²) in [6.45, 7) is 3.59. The van der Waals surface area contributed by atoms with Gasteiger partial charge in [0.15, 0.2) is 24.7 Å². The van der Waals surface area contributed by atoms with Crippen LogP contribution in [-0.4, -0.2) is 40.7 Å². The lowest BCUT2D eigenvalue weighted by Gasteiger charge is -2.15. The van der Waals surface area contributed by atoms with E-state index in [4.69, 9.17) is 9.47 Å². The molecular formula is C14H19NO4. The Morgan fingerprint density at radius 1 is 1.32 bits per heavy atom. The average Bonchev–Trinajstić information content (AvgIpc) is 2.64. The van der Waals surface area contributed by atoms with Crippen LogP contribution in [0.1, 0.15) is 19.4 Å². The second-order valence-electron chi connectivity index (χ2n) is 5.03.